The number of hydrogen-bond acceptors (Lipinski definition) is 3. The van der Waals surface area contributed by atoms with Crippen LogP contribution in [0.1, 0.15) is 29.9 Å². The Morgan fingerprint density at radius 2 is 1.22 bits per heavy atom. The number of ether oxygens (including phenoxy) is 3. The van der Waals surface area contributed by atoms with Gasteiger partial charge < -0.3 is 14.2 Å². The molecule has 0 amide bonds. The fraction of sp³-hybridized carbons (Fsp3) is 0.250. The van der Waals surface area contributed by atoms with E-state index in [4.69, 9.17) is 14.2 Å². The van der Waals surface area contributed by atoms with E-state index in [2.05, 4.69) is 24.3 Å². The molecule has 27 heavy (non-hydrogen) atoms. The van der Waals surface area contributed by atoms with Crippen molar-refractivity contribution in [3.8, 4) is 0 Å². The molecule has 0 aromatic heterocycles. The molecule has 0 saturated carbocycles. The van der Waals surface area contributed by atoms with Gasteiger partial charge in [0.1, 0.15) is 0 Å². The molecule has 0 N–H and O–H groups in total. The molecule has 140 valence electrons. The van der Waals surface area contributed by atoms with Crippen molar-refractivity contribution in [1.82, 2.24) is 0 Å². The van der Waals surface area contributed by atoms with Crippen LogP contribution in [0.4, 0.5) is 0 Å². The minimum absolute atomic E-state index is 0.152. The molecule has 3 heteroatoms. The average Bonchev–Trinajstić information content (AvgIpc) is 3.17. The normalized spacial score (nSPS) is 18.6. The summed E-state index contributed by atoms with van der Waals surface area (Å²) in [5, 5.41) is 0. The first-order chi connectivity index (χ1) is 13.3. The number of hydrogen-bond donors (Lipinski definition) is 0. The van der Waals surface area contributed by atoms with Crippen molar-refractivity contribution in [2.45, 2.75) is 32.5 Å². The van der Waals surface area contributed by atoms with Gasteiger partial charge in [0.15, 0.2) is 6.29 Å². The van der Waals surface area contributed by atoms with Gasteiger partial charge in [0.05, 0.1) is 25.9 Å². The van der Waals surface area contributed by atoms with Crippen molar-refractivity contribution in [3.63, 3.8) is 0 Å². The van der Waals surface area contributed by atoms with Gasteiger partial charge in [-0.25, -0.2) is 0 Å². The molecule has 1 heterocycles. The van der Waals surface area contributed by atoms with Crippen molar-refractivity contribution in [2.24, 2.45) is 0 Å². The molecule has 3 aromatic rings. The molecule has 1 aliphatic rings. The summed E-state index contributed by atoms with van der Waals surface area (Å²) in [6.45, 7) is 4.06. The molecule has 3 nitrogen and oxygen atoms in total. The standard InChI is InChI=1S/C14H14O.C10H12O2/c1-3-7-13(8-4-1)11-15-12-14-9-5-2-6-10-14;1-8-7-11-10(12-8)9-5-3-2-4-6-9/h1-10H,11-12H2;2-6,8,10H,7H2,1H3. The third-order valence-corrected chi connectivity index (χ3v) is 4.13. The monoisotopic (exact) mass is 362 g/mol. The van der Waals surface area contributed by atoms with Crippen LogP contribution in [0.25, 0.3) is 0 Å². The highest BCUT2D eigenvalue weighted by Gasteiger charge is 2.23. The van der Waals surface area contributed by atoms with Gasteiger partial charge in [-0.15, -0.1) is 0 Å². The predicted octanol–water partition coefficient (Wildman–Crippen LogP) is 5.52. The second-order valence-corrected chi connectivity index (χ2v) is 6.49. The van der Waals surface area contributed by atoms with Crippen molar-refractivity contribution < 1.29 is 14.2 Å². The van der Waals surface area contributed by atoms with E-state index in [1.165, 1.54) is 11.1 Å². The highest BCUT2D eigenvalue weighted by Crippen LogP contribution is 2.25. The summed E-state index contributed by atoms with van der Waals surface area (Å²) in [5.74, 6) is 0. The topological polar surface area (TPSA) is 27.7 Å². The summed E-state index contributed by atoms with van der Waals surface area (Å²) in [6, 6.07) is 30.4. The zero-order valence-electron chi connectivity index (χ0n) is 15.7. The van der Waals surface area contributed by atoms with Crippen LogP contribution in [0.5, 0.6) is 0 Å². The maximum atomic E-state index is 5.61. The number of rotatable bonds is 5. The SMILES string of the molecule is CC1COC(c2ccccc2)O1.c1ccc(COCc2ccccc2)cc1. The largest absolute Gasteiger partial charge is 0.372 e. The van der Waals surface area contributed by atoms with E-state index in [-0.39, 0.29) is 12.4 Å². The van der Waals surface area contributed by atoms with Gasteiger partial charge in [-0.3, -0.25) is 0 Å². The van der Waals surface area contributed by atoms with Crippen LogP contribution < -0.4 is 0 Å². The highest BCUT2D eigenvalue weighted by atomic mass is 16.7. The maximum Gasteiger partial charge on any atom is 0.184 e. The third-order valence-electron chi connectivity index (χ3n) is 4.13. The van der Waals surface area contributed by atoms with Gasteiger partial charge in [0, 0.05) is 5.56 Å². The predicted molar refractivity (Wildman–Crippen MR) is 107 cm³/mol. The Morgan fingerprint density at radius 3 is 1.67 bits per heavy atom. The van der Waals surface area contributed by atoms with Crippen molar-refractivity contribution in [1.29, 1.82) is 0 Å². The molecular weight excluding hydrogens is 336 g/mol. The Bertz CT molecular complexity index is 720. The van der Waals surface area contributed by atoms with Crippen LogP contribution in [-0.4, -0.2) is 12.7 Å². The fourth-order valence-electron chi connectivity index (χ4n) is 2.73. The molecule has 0 bridgehead atoms. The molecule has 0 spiro atoms. The van der Waals surface area contributed by atoms with Gasteiger partial charge >= 0.3 is 0 Å². The molecule has 2 atom stereocenters. The molecule has 1 saturated heterocycles. The van der Waals surface area contributed by atoms with Crippen molar-refractivity contribution in [3.05, 3.63) is 108 Å². The summed E-state index contributed by atoms with van der Waals surface area (Å²) >= 11 is 0. The Morgan fingerprint density at radius 1 is 0.741 bits per heavy atom. The van der Waals surface area contributed by atoms with E-state index in [0.717, 1.165) is 5.56 Å². The van der Waals surface area contributed by atoms with Crippen LogP contribution in [0.3, 0.4) is 0 Å². The number of benzene rings is 3. The second kappa shape index (κ2) is 10.6. The molecule has 1 fully saturated rings. The molecule has 0 radical (unpaired) electrons. The maximum absolute atomic E-state index is 5.61. The Labute approximate surface area is 161 Å². The van der Waals surface area contributed by atoms with Crippen molar-refractivity contribution >= 4 is 0 Å². The first-order valence-electron chi connectivity index (χ1n) is 9.29. The molecule has 3 aromatic carbocycles. The lowest BCUT2D eigenvalue weighted by molar-refractivity contribution is -0.0572. The van der Waals surface area contributed by atoms with Crippen LogP contribution in [0.15, 0.2) is 91.0 Å². The summed E-state index contributed by atoms with van der Waals surface area (Å²) in [6.07, 6.45) is 0.0661. The quantitative estimate of drug-likeness (QED) is 0.598. The van der Waals surface area contributed by atoms with Crippen LogP contribution in [0, 0.1) is 0 Å². The van der Waals surface area contributed by atoms with Crippen LogP contribution in [-0.2, 0) is 27.4 Å². The summed E-state index contributed by atoms with van der Waals surface area (Å²) in [5.41, 5.74) is 3.53. The smallest absolute Gasteiger partial charge is 0.184 e. The summed E-state index contributed by atoms with van der Waals surface area (Å²) in [4.78, 5) is 0. The minimum Gasteiger partial charge on any atom is -0.372 e. The first kappa shape index (κ1) is 19.3. The molecule has 1 aliphatic heterocycles. The molecule has 2 unspecified atom stereocenters. The Balaban J connectivity index is 0.000000159. The lowest BCUT2D eigenvalue weighted by Crippen LogP contribution is -2.02. The van der Waals surface area contributed by atoms with Gasteiger partial charge in [-0.1, -0.05) is 91.0 Å². The Hall–Kier alpha value is -2.46. The van der Waals surface area contributed by atoms with E-state index >= 15 is 0 Å². The van der Waals surface area contributed by atoms with Crippen LogP contribution in [0.2, 0.25) is 0 Å². The third kappa shape index (κ3) is 6.65. The van der Waals surface area contributed by atoms with E-state index in [1.807, 2.05) is 73.7 Å². The van der Waals surface area contributed by atoms with Gasteiger partial charge in [0.25, 0.3) is 0 Å². The first-order valence-corrected chi connectivity index (χ1v) is 9.29. The van der Waals surface area contributed by atoms with E-state index in [0.29, 0.717) is 19.8 Å². The highest BCUT2D eigenvalue weighted by molar-refractivity contribution is 5.17. The molecule has 4 rings (SSSR count). The minimum atomic E-state index is -0.152. The van der Waals surface area contributed by atoms with Gasteiger partial charge in [-0.2, -0.15) is 0 Å². The molecule has 0 aliphatic carbocycles. The zero-order chi connectivity index (χ0) is 18.7. The van der Waals surface area contributed by atoms with Gasteiger partial charge in [0.2, 0.25) is 0 Å². The van der Waals surface area contributed by atoms with Gasteiger partial charge in [-0.05, 0) is 18.1 Å². The van der Waals surface area contributed by atoms with E-state index in [9.17, 15) is 0 Å². The Kier molecular flexibility index (Phi) is 7.60. The zero-order valence-corrected chi connectivity index (χ0v) is 15.7. The van der Waals surface area contributed by atoms with Crippen molar-refractivity contribution in [2.75, 3.05) is 6.61 Å². The fourth-order valence-corrected chi connectivity index (χ4v) is 2.73. The second-order valence-electron chi connectivity index (χ2n) is 6.49. The summed E-state index contributed by atoms with van der Waals surface area (Å²) in [7, 11) is 0. The van der Waals surface area contributed by atoms with Crippen LogP contribution >= 0.6 is 0 Å². The molecular formula is C24H26O3. The van der Waals surface area contributed by atoms with E-state index in [1.54, 1.807) is 0 Å². The lowest BCUT2D eigenvalue weighted by Gasteiger charge is -2.08. The van der Waals surface area contributed by atoms with E-state index < -0.39 is 0 Å². The lowest BCUT2D eigenvalue weighted by atomic mass is 10.2. The summed E-state index contributed by atoms with van der Waals surface area (Å²) < 4.78 is 16.6. The average molecular weight is 362 g/mol.